The fourth-order valence-corrected chi connectivity index (χ4v) is 8.30. The van der Waals surface area contributed by atoms with Crippen molar-refractivity contribution in [1.82, 2.24) is 0 Å². The minimum absolute atomic E-state index is 1.13. The van der Waals surface area contributed by atoms with Gasteiger partial charge in [-0.25, -0.2) is 0 Å². The second-order valence-corrected chi connectivity index (χ2v) is 13.2. The standard InChI is InChI=1S/C42H28Br2/c1-25-11-3-5-13-29(25)27-19-21-35-37(23-27)39(31-15-7-9-17-33(31)41(35)43)40-32-16-8-10-18-34(32)42(44)36-22-20-28(24-38(36)40)30-14-6-4-12-26(30)2/h3-24H,1-2H3. The van der Waals surface area contributed by atoms with E-state index >= 15 is 0 Å². The molecular weight excluding hydrogens is 664 g/mol. The van der Waals surface area contributed by atoms with Crippen LogP contribution in [0.1, 0.15) is 11.1 Å². The van der Waals surface area contributed by atoms with E-state index < -0.39 is 0 Å². The van der Waals surface area contributed by atoms with Gasteiger partial charge in [-0.1, -0.05) is 121 Å². The average Bonchev–Trinajstić information content (AvgIpc) is 3.06. The number of halogens is 2. The molecule has 0 spiro atoms. The van der Waals surface area contributed by atoms with Gasteiger partial charge in [0.1, 0.15) is 0 Å². The van der Waals surface area contributed by atoms with Gasteiger partial charge in [0.2, 0.25) is 0 Å². The van der Waals surface area contributed by atoms with Crippen LogP contribution in [-0.4, -0.2) is 0 Å². The molecule has 0 atom stereocenters. The number of rotatable bonds is 3. The van der Waals surface area contributed by atoms with Gasteiger partial charge in [0.05, 0.1) is 0 Å². The van der Waals surface area contributed by atoms with Crippen LogP contribution in [0, 0.1) is 13.8 Å². The predicted molar refractivity (Wildman–Crippen MR) is 198 cm³/mol. The Labute approximate surface area is 274 Å². The Morgan fingerprint density at radius 2 is 0.682 bits per heavy atom. The molecule has 0 saturated carbocycles. The van der Waals surface area contributed by atoms with Crippen molar-refractivity contribution in [3.8, 4) is 33.4 Å². The third-order valence-corrected chi connectivity index (χ3v) is 10.8. The first-order valence-electron chi connectivity index (χ1n) is 14.9. The fourth-order valence-electron chi connectivity index (χ4n) is 6.92. The van der Waals surface area contributed by atoms with Gasteiger partial charge < -0.3 is 0 Å². The van der Waals surface area contributed by atoms with Crippen LogP contribution in [0.15, 0.2) is 142 Å². The molecule has 0 bridgehead atoms. The van der Waals surface area contributed by atoms with E-state index in [2.05, 4.69) is 179 Å². The molecule has 0 radical (unpaired) electrons. The van der Waals surface area contributed by atoms with Crippen LogP contribution in [0.3, 0.4) is 0 Å². The maximum absolute atomic E-state index is 4.04. The molecule has 8 rings (SSSR count). The molecule has 0 saturated heterocycles. The summed E-state index contributed by atoms with van der Waals surface area (Å²) in [6.07, 6.45) is 0. The molecule has 0 heterocycles. The Bertz CT molecular complexity index is 2260. The van der Waals surface area contributed by atoms with E-state index in [9.17, 15) is 0 Å². The minimum Gasteiger partial charge on any atom is -0.0620 e. The van der Waals surface area contributed by atoms with Crippen molar-refractivity contribution in [1.29, 1.82) is 0 Å². The topological polar surface area (TPSA) is 0 Å². The average molecular weight is 692 g/mol. The lowest BCUT2D eigenvalue weighted by atomic mass is 9.84. The molecule has 0 aliphatic rings. The Balaban J connectivity index is 1.59. The summed E-state index contributed by atoms with van der Waals surface area (Å²) in [4.78, 5) is 0. The van der Waals surface area contributed by atoms with E-state index in [1.54, 1.807) is 0 Å². The van der Waals surface area contributed by atoms with Gasteiger partial charge in [-0.15, -0.1) is 0 Å². The van der Waals surface area contributed by atoms with E-state index in [0.717, 1.165) is 8.95 Å². The Morgan fingerprint density at radius 1 is 0.341 bits per heavy atom. The van der Waals surface area contributed by atoms with E-state index in [-0.39, 0.29) is 0 Å². The molecule has 8 aromatic carbocycles. The monoisotopic (exact) mass is 690 g/mol. The number of fused-ring (bicyclic) bond motifs is 4. The minimum atomic E-state index is 1.13. The molecule has 0 aliphatic carbocycles. The van der Waals surface area contributed by atoms with Crippen molar-refractivity contribution in [2.45, 2.75) is 13.8 Å². The summed E-state index contributed by atoms with van der Waals surface area (Å²) in [6.45, 7) is 4.39. The summed E-state index contributed by atoms with van der Waals surface area (Å²) < 4.78 is 2.27. The Morgan fingerprint density at radius 3 is 1.09 bits per heavy atom. The molecular formula is C42H28Br2. The van der Waals surface area contributed by atoms with Gasteiger partial charge in [0.15, 0.2) is 0 Å². The van der Waals surface area contributed by atoms with Crippen LogP contribution in [0.5, 0.6) is 0 Å². The summed E-state index contributed by atoms with van der Waals surface area (Å²) in [5, 5.41) is 9.82. The van der Waals surface area contributed by atoms with Crippen molar-refractivity contribution >= 4 is 74.9 Å². The summed E-state index contributed by atoms with van der Waals surface area (Å²) in [5.74, 6) is 0. The van der Waals surface area contributed by atoms with Gasteiger partial charge in [-0.3, -0.25) is 0 Å². The first-order chi connectivity index (χ1) is 21.5. The smallest absolute Gasteiger partial charge is 0.0332 e. The zero-order valence-electron chi connectivity index (χ0n) is 24.5. The number of hydrogen-bond donors (Lipinski definition) is 0. The summed E-state index contributed by atoms with van der Waals surface area (Å²) in [5.41, 5.74) is 10.1. The SMILES string of the molecule is Cc1ccccc1-c1ccc2c(Br)c3ccccc3c(-c3c4ccccc4c(Br)c4ccc(-c5ccccc5C)cc34)c2c1. The summed E-state index contributed by atoms with van der Waals surface area (Å²) >= 11 is 8.08. The van der Waals surface area contributed by atoms with E-state index in [1.165, 1.54) is 87.6 Å². The maximum Gasteiger partial charge on any atom is 0.0332 e. The molecule has 0 nitrogen and oxygen atoms in total. The Kier molecular flexibility index (Phi) is 6.66. The van der Waals surface area contributed by atoms with Crippen LogP contribution in [0.4, 0.5) is 0 Å². The van der Waals surface area contributed by atoms with Crippen molar-refractivity contribution in [2.24, 2.45) is 0 Å². The lowest BCUT2D eigenvalue weighted by Crippen LogP contribution is -1.93. The van der Waals surface area contributed by atoms with Gasteiger partial charge in [-0.2, -0.15) is 0 Å². The third-order valence-electron chi connectivity index (χ3n) is 9.08. The molecule has 0 amide bonds. The number of benzene rings is 8. The Hall–Kier alpha value is -4.24. The van der Waals surface area contributed by atoms with Crippen LogP contribution in [0.2, 0.25) is 0 Å². The van der Waals surface area contributed by atoms with Gasteiger partial charge >= 0.3 is 0 Å². The molecule has 0 unspecified atom stereocenters. The quantitative estimate of drug-likeness (QED) is 0.162. The zero-order chi connectivity index (χ0) is 29.9. The van der Waals surface area contributed by atoms with Crippen molar-refractivity contribution in [3.63, 3.8) is 0 Å². The highest BCUT2D eigenvalue weighted by Crippen LogP contribution is 2.49. The van der Waals surface area contributed by atoms with Gasteiger partial charge in [0, 0.05) is 8.95 Å². The largest absolute Gasteiger partial charge is 0.0620 e. The van der Waals surface area contributed by atoms with E-state index in [1.807, 2.05) is 0 Å². The highest BCUT2D eigenvalue weighted by atomic mass is 79.9. The highest BCUT2D eigenvalue weighted by molar-refractivity contribution is 9.11. The van der Waals surface area contributed by atoms with Crippen LogP contribution >= 0.6 is 31.9 Å². The summed E-state index contributed by atoms with van der Waals surface area (Å²) in [7, 11) is 0. The fraction of sp³-hybridized carbons (Fsp3) is 0.0476. The lowest BCUT2D eigenvalue weighted by molar-refractivity contribution is 1.46. The number of hydrogen-bond acceptors (Lipinski definition) is 0. The predicted octanol–water partition coefficient (Wildman–Crippen LogP) is 13.4. The molecule has 44 heavy (non-hydrogen) atoms. The summed E-state index contributed by atoms with van der Waals surface area (Å²) in [6, 6.07) is 48.9. The van der Waals surface area contributed by atoms with Gasteiger partial charge in [-0.05, 0) is 145 Å². The molecule has 0 aliphatic heterocycles. The zero-order valence-corrected chi connectivity index (χ0v) is 27.6. The van der Waals surface area contributed by atoms with E-state index in [4.69, 9.17) is 0 Å². The third kappa shape index (κ3) is 4.24. The molecule has 0 aromatic heterocycles. The molecule has 8 aromatic rings. The highest BCUT2D eigenvalue weighted by Gasteiger charge is 2.21. The second-order valence-electron chi connectivity index (χ2n) is 11.6. The van der Waals surface area contributed by atoms with Gasteiger partial charge in [0.25, 0.3) is 0 Å². The molecule has 0 N–H and O–H groups in total. The van der Waals surface area contributed by atoms with Crippen molar-refractivity contribution in [3.05, 3.63) is 154 Å². The maximum atomic E-state index is 4.04. The van der Waals surface area contributed by atoms with Crippen molar-refractivity contribution < 1.29 is 0 Å². The molecule has 2 heteroatoms. The van der Waals surface area contributed by atoms with Crippen molar-refractivity contribution in [2.75, 3.05) is 0 Å². The number of aryl methyl sites for hydroxylation is 2. The first-order valence-corrected chi connectivity index (χ1v) is 16.5. The molecule has 0 fully saturated rings. The first kappa shape index (κ1) is 27.3. The normalized spacial score (nSPS) is 11.6. The van der Waals surface area contributed by atoms with E-state index in [0.29, 0.717) is 0 Å². The lowest BCUT2D eigenvalue weighted by Gasteiger charge is -2.21. The van der Waals surface area contributed by atoms with Crippen LogP contribution in [0.25, 0.3) is 76.5 Å². The molecule has 210 valence electrons. The second kappa shape index (κ2) is 10.7. The van der Waals surface area contributed by atoms with Crippen LogP contribution in [-0.2, 0) is 0 Å². The van der Waals surface area contributed by atoms with Crippen LogP contribution < -0.4 is 0 Å².